The molecule has 1 spiro atoms. The first-order valence-corrected chi connectivity index (χ1v) is 9.81. The van der Waals surface area contributed by atoms with Crippen LogP contribution in [-0.2, 0) is 11.3 Å². The molecule has 6 nitrogen and oxygen atoms in total. The first-order valence-electron chi connectivity index (χ1n) is 9.81. The summed E-state index contributed by atoms with van der Waals surface area (Å²) in [6.45, 7) is 6.21. The van der Waals surface area contributed by atoms with Gasteiger partial charge >= 0.3 is 0 Å². The van der Waals surface area contributed by atoms with E-state index in [4.69, 9.17) is 9.47 Å². The van der Waals surface area contributed by atoms with Crippen LogP contribution in [0.15, 0.2) is 30.5 Å². The van der Waals surface area contributed by atoms with E-state index < -0.39 is 0 Å². The van der Waals surface area contributed by atoms with Crippen LogP contribution < -0.4 is 10.1 Å². The maximum atomic E-state index is 13.0. The Balaban J connectivity index is 1.59. The maximum absolute atomic E-state index is 13.0. The molecule has 1 N–H and O–H groups in total. The fourth-order valence-corrected chi connectivity index (χ4v) is 4.12. The van der Waals surface area contributed by atoms with Gasteiger partial charge in [-0.05, 0) is 19.4 Å². The standard InChI is InChI=1S/C21H27N3O3/c1-3-10-24-14-17(15(2)23-24)20(25)22-18-13-21(8-11-26-12-9-21)27-19-7-5-4-6-16(18)19/h4-7,14,18H,3,8-13H2,1-2H3,(H,22,25)/t18-/m1/s1. The van der Waals surface area contributed by atoms with Crippen molar-refractivity contribution in [2.24, 2.45) is 0 Å². The number of nitrogens with zero attached hydrogens (tertiary/aromatic N) is 2. The van der Waals surface area contributed by atoms with E-state index in [-0.39, 0.29) is 17.6 Å². The number of fused-ring (bicyclic) bond motifs is 1. The molecule has 27 heavy (non-hydrogen) atoms. The lowest BCUT2D eigenvalue weighted by Gasteiger charge is -2.44. The van der Waals surface area contributed by atoms with Crippen molar-refractivity contribution in [2.75, 3.05) is 13.2 Å². The number of ether oxygens (including phenoxy) is 2. The number of rotatable bonds is 4. The van der Waals surface area contributed by atoms with E-state index in [1.807, 2.05) is 42.1 Å². The molecule has 2 aromatic rings. The summed E-state index contributed by atoms with van der Waals surface area (Å²) in [7, 11) is 0. The smallest absolute Gasteiger partial charge is 0.255 e. The van der Waals surface area contributed by atoms with Crippen LogP contribution in [0, 0.1) is 6.92 Å². The molecule has 0 saturated carbocycles. The van der Waals surface area contributed by atoms with Crippen LogP contribution in [0.1, 0.15) is 60.3 Å². The zero-order valence-corrected chi connectivity index (χ0v) is 16.0. The first-order chi connectivity index (χ1) is 13.1. The Morgan fingerprint density at radius 3 is 2.89 bits per heavy atom. The number of carbonyl (C=O) groups is 1. The molecule has 1 fully saturated rings. The Morgan fingerprint density at radius 1 is 1.33 bits per heavy atom. The van der Waals surface area contributed by atoms with Crippen molar-refractivity contribution < 1.29 is 14.3 Å². The molecule has 1 saturated heterocycles. The van der Waals surface area contributed by atoms with E-state index in [9.17, 15) is 4.79 Å². The second-order valence-electron chi connectivity index (χ2n) is 7.56. The molecule has 6 heteroatoms. The van der Waals surface area contributed by atoms with Gasteiger partial charge in [-0.2, -0.15) is 5.10 Å². The van der Waals surface area contributed by atoms with Gasteiger partial charge < -0.3 is 14.8 Å². The van der Waals surface area contributed by atoms with E-state index >= 15 is 0 Å². The van der Waals surface area contributed by atoms with Crippen LogP contribution in [0.4, 0.5) is 0 Å². The van der Waals surface area contributed by atoms with E-state index in [1.165, 1.54) is 0 Å². The summed E-state index contributed by atoms with van der Waals surface area (Å²) in [5.41, 5.74) is 2.20. The fourth-order valence-electron chi connectivity index (χ4n) is 4.12. The minimum absolute atomic E-state index is 0.0706. The molecular weight excluding hydrogens is 342 g/mol. The molecule has 0 aliphatic carbocycles. The summed E-state index contributed by atoms with van der Waals surface area (Å²) < 4.78 is 13.8. The largest absolute Gasteiger partial charge is 0.487 e. The number of carbonyl (C=O) groups excluding carboxylic acids is 1. The highest BCUT2D eigenvalue weighted by molar-refractivity contribution is 5.95. The Bertz CT molecular complexity index is 824. The van der Waals surface area contributed by atoms with Crippen molar-refractivity contribution in [2.45, 2.75) is 57.7 Å². The fraction of sp³-hybridized carbons (Fsp3) is 0.524. The lowest BCUT2D eigenvalue weighted by Crippen LogP contribution is -2.48. The molecule has 144 valence electrons. The average molecular weight is 369 g/mol. The van der Waals surface area contributed by atoms with Crippen molar-refractivity contribution in [1.29, 1.82) is 0 Å². The second-order valence-corrected chi connectivity index (χ2v) is 7.56. The Kier molecular flexibility index (Phi) is 4.91. The monoisotopic (exact) mass is 369 g/mol. The van der Waals surface area contributed by atoms with Crippen LogP contribution in [0.3, 0.4) is 0 Å². The Labute approximate surface area is 159 Å². The molecule has 4 rings (SSSR count). The van der Waals surface area contributed by atoms with Crippen LogP contribution in [0.5, 0.6) is 5.75 Å². The van der Waals surface area contributed by atoms with Gasteiger partial charge in [0, 0.05) is 37.6 Å². The van der Waals surface area contributed by atoms with Crippen LogP contribution >= 0.6 is 0 Å². The molecule has 1 aromatic heterocycles. The van der Waals surface area contributed by atoms with Crippen molar-refractivity contribution in [3.8, 4) is 5.75 Å². The number of nitrogens with one attached hydrogen (secondary N) is 1. The molecule has 2 aliphatic heterocycles. The van der Waals surface area contributed by atoms with Crippen LogP contribution in [-0.4, -0.2) is 34.5 Å². The lowest BCUT2D eigenvalue weighted by atomic mass is 9.82. The molecule has 2 aliphatic rings. The highest BCUT2D eigenvalue weighted by Crippen LogP contribution is 2.43. The van der Waals surface area contributed by atoms with Gasteiger partial charge in [0.25, 0.3) is 5.91 Å². The molecular formula is C21H27N3O3. The Morgan fingerprint density at radius 2 is 2.11 bits per heavy atom. The van der Waals surface area contributed by atoms with E-state index in [0.29, 0.717) is 18.8 Å². The van der Waals surface area contributed by atoms with E-state index in [0.717, 1.165) is 49.2 Å². The van der Waals surface area contributed by atoms with Gasteiger partial charge in [0.1, 0.15) is 11.4 Å². The normalized spacial score (nSPS) is 20.7. The SMILES string of the molecule is CCCn1cc(C(=O)N[C@@H]2CC3(CCOCC3)Oc3ccccc32)c(C)n1. The molecule has 0 bridgehead atoms. The first kappa shape index (κ1) is 18.0. The van der Waals surface area contributed by atoms with Gasteiger partial charge in [0.05, 0.1) is 30.5 Å². The number of para-hydroxylation sites is 1. The molecule has 1 aromatic carbocycles. The minimum atomic E-state index is -0.258. The van der Waals surface area contributed by atoms with Crippen LogP contribution in [0.2, 0.25) is 0 Å². The van der Waals surface area contributed by atoms with Gasteiger partial charge in [0.15, 0.2) is 0 Å². The van der Waals surface area contributed by atoms with Gasteiger partial charge in [0.2, 0.25) is 0 Å². The summed E-state index contributed by atoms with van der Waals surface area (Å²) in [4.78, 5) is 13.0. The van der Waals surface area contributed by atoms with Crippen molar-refractivity contribution >= 4 is 5.91 Å². The zero-order chi connectivity index (χ0) is 18.9. The van der Waals surface area contributed by atoms with E-state index in [1.54, 1.807) is 0 Å². The summed E-state index contributed by atoms with van der Waals surface area (Å²) >= 11 is 0. The maximum Gasteiger partial charge on any atom is 0.255 e. The average Bonchev–Trinajstić information content (AvgIpc) is 3.03. The number of hydrogen-bond donors (Lipinski definition) is 1. The van der Waals surface area contributed by atoms with Crippen molar-refractivity contribution in [3.63, 3.8) is 0 Å². The highest BCUT2D eigenvalue weighted by Gasteiger charge is 2.42. The second kappa shape index (κ2) is 7.35. The van der Waals surface area contributed by atoms with Crippen molar-refractivity contribution in [3.05, 3.63) is 47.3 Å². The number of aromatic nitrogens is 2. The van der Waals surface area contributed by atoms with Crippen molar-refractivity contribution in [1.82, 2.24) is 15.1 Å². The topological polar surface area (TPSA) is 65.4 Å². The number of amides is 1. The van der Waals surface area contributed by atoms with Gasteiger partial charge in [-0.15, -0.1) is 0 Å². The summed E-state index contributed by atoms with van der Waals surface area (Å²) in [6, 6.07) is 7.94. The summed E-state index contributed by atoms with van der Waals surface area (Å²) in [5, 5.41) is 7.70. The number of aryl methyl sites for hydroxylation is 2. The number of hydrogen-bond acceptors (Lipinski definition) is 4. The molecule has 1 amide bonds. The minimum Gasteiger partial charge on any atom is -0.487 e. The third kappa shape index (κ3) is 3.58. The van der Waals surface area contributed by atoms with E-state index in [2.05, 4.69) is 17.3 Å². The lowest BCUT2D eigenvalue weighted by molar-refractivity contribution is -0.0639. The Hall–Kier alpha value is -2.34. The summed E-state index contributed by atoms with van der Waals surface area (Å²) in [5.74, 6) is 0.799. The quantitative estimate of drug-likeness (QED) is 0.897. The third-order valence-electron chi connectivity index (χ3n) is 5.55. The molecule has 3 heterocycles. The molecule has 0 radical (unpaired) electrons. The zero-order valence-electron chi connectivity index (χ0n) is 16.0. The van der Waals surface area contributed by atoms with Gasteiger partial charge in [-0.25, -0.2) is 0 Å². The van der Waals surface area contributed by atoms with Gasteiger partial charge in [-0.1, -0.05) is 25.1 Å². The third-order valence-corrected chi connectivity index (χ3v) is 5.55. The molecule has 1 atom stereocenters. The van der Waals surface area contributed by atoms with Gasteiger partial charge in [-0.3, -0.25) is 9.48 Å². The number of benzene rings is 1. The summed E-state index contributed by atoms with van der Waals surface area (Å²) in [6.07, 6.45) is 5.30. The highest BCUT2D eigenvalue weighted by atomic mass is 16.5. The predicted molar refractivity (Wildman–Crippen MR) is 102 cm³/mol. The predicted octanol–water partition coefficient (Wildman–Crippen LogP) is 3.40. The van der Waals surface area contributed by atoms with Crippen LogP contribution in [0.25, 0.3) is 0 Å². The molecule has 0 unspecified atom stereocenters.